The van der Waals surface area contributed by atoms with Gasteiger partial charge in [0.15, 0.2) is 11.6 Å². The Kier molecular flexibility index (Phi) is 11.1. The van der Waals surface area contributed by atoms with Crippen molar-refractivity contribution in [1.82, 2.24) is 14.3 Å². The number of para-hydroxylation sites is 1. The zero-order valence-electron chi connectivity index (χ0n) is 27.2. The number of carboxylic acid groups (broad SMARTS) is 1. The van der Waals surface area contributed by atoms with Crippen molar-refractivity contribution < 1.29 is 46.1 Å². The molecule has 1 amide bonds. The number of anilines is 1. The average Bonchev–Trinajstić information content (AvgIpc) is 3.29. The van der Waals surface area contributed by atoms with Crippen molar-refractivity contribution in [3.05, 3.63) is 106 Å². The first kappa shape index (κ1) is 37.2. The Morgan fingerprint density at radius 2 is 1.72 bits per heavy atom. The summed E-state index contributed by atoms with van der Waals surface area (Å²) in [6.07, 6.45) is 1.54. The fourth-order valence-electron chi connectivity index (χ4n) is 4.91. The molecule has 5 aromatic rings. The van der Waals surface area contributed by atoms with Gasteiger partial charge in [-0.2, -0.15) is 8.42 Å². The van der Waals surface area contributed by atoms with Gasteiger partial charge in [0.1, 0.15) is 22.6 Å². The Hall–Kier alpha value is -5.62. The van der Waals surface area contributed by atoms with Gasteiger partial charge in [0.25, 0.3) is 11.5 Å². The molecule has 0 bridgehead atoms. The summed E-state index contributed by atoms with van der Waals surface area (Å²) in [5.74, 6) is -2.42. The second-order valence-electron chi connectivity index (χ2n) is 11.3. The number of aromatic nitrogens is 3. The van der Waals surface area contributed by atoms with Gasteiger partial charge < -0.3 is 25.6 Å². The van der Waals surface area contributed by atoms with Crippen molar-refractivity contribution in [2.75, 3.05) is 12.4 Å². The number of carboxylic acids is 1. The third-order valence-corrected chi connectivity index (χ3v) is 7.88. The summed E-state index contributed by atoms with van der Waals surface area (Å²) in [5.41, 5.74) is 5.13. The number of fused-ring (bicyclic) bond motifs is 1. The number of hydrogen-bond acceptors (Lipinski definition) is 9. The van der Waals surface area contributed by atoms with Gasteiger partial charge >= 0.3 is 16.4 Å². The zero-order valence-corrected chi connectivity index (χ0v) is 28.0. The highest BCUT2D eigenvalue weighted by atomic mass is 32.3. The lowest BCUT2D eigenvalue weighted by Gasteiger charge is -2.28. The van der Waals surface area contributed by atoms with Crippen LogP contribution in [0.2, 0.25) is 0 Å². The molecule has 0 fully saturated rings. The topological polar surface area (TPSA) is 225 Å². The molecule has 264 valence electrons. The monoisotopic (exact) mass is 711 g/mol. The quantitative estimate of drug-likeness (QED) is 0.127. The molecule has 0 aliphatic heterocycles. The van der Waals surface area contributed by atoms with Crippen molar-refractivity contribution in [3.63, 3.8) is 0 Å². The number of methoxy groups -OCH3 is 1. The van der Waals surface area contributed by atoms with Crippen LogP contribution in [-0.4, -0.2) is 61.5 Å². The molecule has 0 saturated carbocycles. The fraction of sp³-hybridized carbons (Fsp3) is 0.212. The Labute approximate surface area is 285 Å². The first-order valence-electron chi connectivity index (χ1n) is 14.7. The van der Waals surface area contributed by atoms with Crippen LogP contribution in [0.5, 0.6) is 17.2 Å². The molecule has 15 nitrogen and oxygen atoms in total. The van der Waals surface area contributed by atoms with Gasteiger partial charge in [0, 0.05) is 41.9 Å². The van der Waals surface area contributed by atoms with Crippen molar-refractivity contribution in [3.8, 4) is 22.9 Å². The van der Waals surface area contributed by atoms with E-state index in [1.165, 1.54) is 34.6 Å². The number of nitrogens with one attached hydrogen (secondary N) is 1. The molecule has 0 saturated heterocycles. The lowest BCUT2D eigenvalue weighted by Crippen LogP contribution is -2.52. The summed E-state index contributed by atoms with van der Waals surface area (Å²) in [7, 11) is -3.12. The van der Waals surface area contributed by atoms with E-state index in [0.717, 1.165) is 6.07 Å². The first-order chi connectivity index (χ1) is 23.4. The van der Waals surface area contributed by atoms with Gasteiger partial charge in [-0.15, -0.1) is 0 Å². The minimum Gasteiger partial charge on any atom is -0.497 e. The molecule has 0 radical (unpaired) electrons. The maximum Gasteiger partial charge on any atom is 0.394 e. The van der Waals surface area contributed by atoms with Gasteiger partial charge in [0.2, 0.25) is 0 Å². The number of amides is 1. The number of ether oxygens (including phenoxy) is 2. The number of rotatable bonds is 10. The van der Waals surface area contributed by atoms with Crippen molar-refractivity contribution >= 4 is 38.9 Å². The minimum atomic E-state index is -4.67. The third kappa shape index (κ3) is 8.50. The summed E-state index contributed by atoms with van der Waals surface area (Å²) in [5, 5.41) is 12.9. The highest BCUT2D eigenvalue weighted by Gasteiger charge is 2.36. The Balaban J connectivity index is 0.00000105. The van der Waals surface area contributed by atoms with E-state index in [2.05, 4.69) is 10.3 Å². The Morgan fingerprint density at radius 1 is 1.06 bits per heavy atom. The van der Waals surface area contributed by atoms with E-state index in [4.69, 9.17) is 32.7 Å². The number of carbonyl (C=O) groups excluding carboxylic acids is 1. The predicted molar refractivity (Wildman–Crippen MR) is 181 cm³/mol. The zero-order chi connectivity index (χ0) is 37.0. The number of benzene rings is 3. The lowest BCUT2D eigenvalue weighted by atomic mass is 9.88. The molecular weight excluding hydrogens is 677 g/mol. The smallest absolute Gasteiger partial charge is 0.394 e. The molecule has 17 heteroatoms. The number of nitrogens with two attached hydrogens (primary N) is 1. The van der Waals surface area contributed by atoms with Crippen molar-refractivity contribution in [2.45, 2.75) is 32.9 Å². The highest BCUT2D eigenvalue weighted by Crippen LogP contribution is 2.33. The van der Waals surface area contributed by atoms with E-state index in [-0.39, 0.29) is 29.2 Å². The predicted octanol–water partition coefficient (Wildman–Crippen LogP) is 4.47. The van der Waals surface area contributed by atoms with Crippen LogP contribution < -0.4 is 26.1 Å². The number of carbonyl (C=O) groups is 2. The molecule has 2 heterocycles. The molecule has 0 aliphatic carbocycles. The van der Waals surface area contributed by atoms with E-state index in [0.29, 0.717) is 28.1 Å². The van der Waals surface area contributed by atoms with E-state index in [9.17, 15) is 19.5 Å². The third-order valence-electron chi connectivity index (χ3n) is 7.88. The van der Waals surface area contributed by atoms with Crippen molar-refractivity contribution in [1.29, 1.82) is 0 Å². The molecule has 0 aliphatic rings. The van der Waals surface area contributed by atoms with Crippen LogP contribution in [0, 0.1) is 18.7 Å². The second-order valence-corrected chi connectivity index (χ2v) is 12.2. The van der Waals surface area contributed by atoms with Crippen LogP contribution in [0.4, 0.5) is 10.1 Å². The average molecular weight is 712 g/mol. The van der Waals surface area contributed by atoms with Crippen LogP contribution in [0.15, 0.2) is 83.8 Å². The van der Waals surface area contributed by atoms with E-state index >= 15 is 4.39 Å². The van der Waals surface area contributed by atoms with Crippen LogP contribution in [0.3, 0.4) is 0 Å². The van der Waals surface area contributed by atoms with Gasteiger partial charge in [-0.1, -0.05) is 25.1 Å². The fourth-order valence-corrected chi connectivity index (χ4v) is 4.91. The van der Waals surface area contributed by atoms with Crippen LogP contribution >= 0.6 is 0 Å². The molecule has 50 heavy (non-hydrogen) atoms. The number of pyridine rings is 1. The largest absolute Gasteiger partial charge is 0.497 e. The van der Waals surface area contributed by atoms with Gasteiger partial charge in [-0.3, -0.25) is 33.2 Å². The molecule has 0 spiro atoms. The van der Waals surface area contributed by atoms with E-state index in [1.807, 2.05) is 0 Å². The maximum atomic E-state index is 15.2. The molecule has 6 N–H and O–H groups in total. The highest BCUT2D eigenvalue weighted by molar-refractivity contribution is 7.79. The molecular formula is C33H34FN5O10S. The van der Waals surface area contributed by atoms with E-state index < -0.39 is 45.1 Å². The van der Waals surface area contributed by atoms with E-state index in [1.54, 1.807) is 75.6 Å². The second kappa shape index (κ2) is 14.9. The van der Waals surface area contributed by atoms with Crippen LogP contribution in [0.25, 0.3) is 16.6 Å². The van der Waals surface area contributed by atoms with Crippen molar-refractivity contribution in [2.24, 2.45) is 11.7 Å². The Bertz CT molecular complexity index is 2210. The number of halogens is 1. The van der Waals surface area contributed by atoms with Crippen LogP contribution in [-0.2, 0) is 21.7 Å². The van der Waals surface area contributed by atoms with Gasteiger partial charge in [0.05, 0.1) is 24.0 Å². The lowest BCUT2D eigenvalue weighted by molar-refractivity contribution is -0.144. The number of hydrogen-bond donors (Lipinski definition) is 5. The summed E-state index contributed by atoms with van der Waals surface area (Å²) in [6.45, 7) is 4.67. The standard InChI is InChI=1S/C33H32FN5O6.H2O4S/c1-19(33(3,35)32(42)43)18-38-20(2)29(31(41)39(38)22-8-6-5-7-9-22)30(40)37-21-10-13-28(25(34)16-21)45-27-14-15-36-26-17-23(44-4)11-12-24(26)27;1-5(2,3)4/h5-17,19H,18,35H2,1-4H3,(H,37,40)(H,42,43);(H2,1,2,3,4)/t19-,33+;/m1./s1. The first-order valence-corrected chi connectivity index (χ1v) is 16.1. The summed E-state index contributed by atoms with van der Waals surface area (Å²) >= 11 is 0. The number of aliphatic carboxylic acids is 1. The SMILES string of the molecule is COc1ccc2c(Oc3ccc(NC(=O)c4c(C)n(C[C@@H](C)[C@](C)(N)C(=O)O)n(-c5ccccc5)c4=O)cc3F)ccnc2c1.O=S(=O)(O)O. The maximum absolute atomic E-state index is 15.2. The summed E-state index contributed by atoms with van der Waals surface area (Å²) in [6, 6.07) is 19.4. The van der Waals surface area contributed by atoms with Gasteiger partial charge in [-0.05, 0) is 56.3 Å². The normalized spacial score (nSPS) is 13.0. The van der Waals surface area contributed by atoms with Crippen LogP contribution in [0.1, 0.15) is 29.9 Å². The minimum absolute atomic E-state index is 0.0275. The molecule has 2 aromatic heterocycles. The Morgan fingerprint density at radius 3 is 2.32 bits per heavy atom. The number of nitrogens with zero attached hydrogens (tertiary/aromatic N) is 3. The molecule has 3 aromatic carbocycles. The van der Waals surface area contributed by atoms with Gasteiger partial charge in [-0.25, -0.2) is 9.07 Å². The molecule has 5 rings (SSSR count). The summed E-state index contributed by atoms with van der Waals surface area (Å²) < 4.78 is 60.8. The summed E-state index contributed by atoms with van der Waals surface area (Å²) in [4.78, 5) is 43.3. The molecule has 2 atom stereocenters. The molecule has 0 unspecified atom stereocenters.